The fraction of sp³-hybridized carbons (Fsp3) is 0.250. The van der Waals surface area contributed by atoms with Gasteiger partial charge in [-0.05, 0) is 115 Å². The zero-order valence-corrected chi connectivity index (χ0v) is 61.3. The number of anilines is 8. The Morgan fingerprint density at radius 1 is 0.387 bits per heavy atom. The van der Waals surface area contributed by atoms with E-state index in [1.165, 1.54) is 59.9 Å². The number of hydrogen-bond donors (Lipinski definition) is 8. The van der Waals surface area contributed by atoms with Crippen LogP contribution < -0.4 is 63.8 Å². The number of thiazole rings is 1. The zero-order valence-electron chi connectivity index (χ0n) is 60.5. The molecule has 12 N–H and O–H groups in total. The number of nitrogens with one attached hydrogen (secondary N) is 4. The summed E-state index contributed by atoms with van der Waals surface area (Å²) < 4.78 is 80.9. The molecule has 8 aromatic heterocycles. The summed E-state index contributed by atoms with van der Waals surface area (Å²) in [7, 11) is 0. The van der Waals surface area contributed by atoms with Crippen molar-refractivity contribution in [3.63, 3.8) is 0 Å². The van der Waals surface area contributed by atoms with Crippen molar-refractivity contribution in [1.29, 1.82) is 0 Å². The van der Waals surface area contributed by atoms with Gasteiger partial charge in [0.25, 0.3) is 0 Å². The van der Waals surface area contributed by atoms with Crippen molar-refractivity contribution < 1.29 is 52.7 Å². The third-order valence-electron chi connectivity index (χ3n) is 18.9. The molecule has 111 heavy (non-hydrogen) atoms. The summed E-state index contributed by atoms with van der Waals surface area (Å²) in [6.45, 7) is 13.1. The summed E-state index contributed by atoms with van der Waals surface area (Å²) in [4.78, 5) is 93.7. The molecule has 3 atom stereocenters. The van der Waals surface area contributed by atoms with Gasteiger partial charge in [-0.2, -0.15) is 26.3 Å². The molecular formula is C80H90F6N20O4S. The van der Waals surface area contributed by atoms with Gasteiger partial charge in [-0.25, -0.2) is 39.9 Å². The van der Waals surface area contributed by atoms with Gasteiger partial charge in [-0.1, -0.05) is 97.1 Å². The van der Waals surface area contributed by atoms with E-state index in [0.29, 0.717) is 80.0 Å². The highest BCUT2D eigenvalue weighted by Crippen LogP contribution is 2.38. The average molecular weight is 1540 g/mol. The van der Waals surface area contributed by atoms with Gasteiger partial charge in [-0.3, -0.25) is 19.2 Å². The van der Waals surface area contributed by atoms with Crippen molar-refractivity contribution in [2.45, 2.75) is 44.3 Å². The van der Waals surface area contributed by atoms with E-state index in [4.69, 9.17) is 27.9 Å². The van der Waals surface area contributed by atoms with Gasteiger partial charge in [0, 0.05) is 140 Å². The Kier molecular flexibility index (Phi) is 25.1. The Morgan fingerprint density at radius 2 is 0.712 bits per heavy atom. The minimum absolute atomic E-state index is 0. The van der Waals surface area contributed by atoms with E-state index >= 15 is 0 Å². The number of alkyl halides is 6. The van der Waals surface area contributed by atoms with E-state index in [1.807, 2.05) is 78.2 Å². The quantitative estimate of drug-likeness (QED) is 0.0349. The summed E-state index contributed by atoms with van der Waals surface area (Å²) in [6.07, 6.45) is -3.55. The van der Waals surface area contributed by atoms with Crippen LogP contribution in [-0.4, -0.2) is 148 Å². The molecule has 4 fully saturated rings. The number of nitrogens with zero attached hydrogens (tertiary/aromatic N) is 12. The number of benzene rings is 3. The molecule has 15 rings (SSSR count). The summed E-state index contributed by atoms with van der Waals surface area (Å²) >= 11 is 1.55. The Balaban J connectivity index is 0.000000211. The van der Waals surface area contributed by atoms with Crippen molar-refractivity contribution in [2.24, 2.45) is 0 Å². The number of carbonyl (C=O) groups is 4. The number of piperazine rings is 4. The van der Waals surface area contributed by atoms with Gasteiger partial charge in [0.05, 0.1) is 33.4 Å². The Labute approximate surface area is 647 Å². The van der Waals surface area contributed by atoms with Gasteiger partial charge in [0.2, 0.25) is 23.1 Å². The average Bonchev–Trinajstić information content (AvgIpc) is 1.04. The lowest BCUT2D eigenvalue weighted by atomic mass is 10.0. The predicted molar refractivity (Wildman–Crippen MR) is 426 cm³/mol. The van der Waals surface area contributed by atoms with Crippen LogP contribution in [0.25, 0.3) is 0 Å². The van der Waals surface area contributed by atoms with Gasteiger partial charge in [0.15, 0.2) is 5.13 Å². The SMILES string of the molecule is Cc1ccc(N2CCNC(c3ccccc3)C2)nc1C(=O)c1cccnc1N.Cc1sc(N2CCNC(c3ccccc3)C2)nc1C(=O)c1cccnc1N.Nc1ncccc1C(=O)c1nc(N2CCNC(c3ccccc3)C2)ccc1C(F)(F)F.Nc1ncccc1C(=O)c1nc(N2CCNCC2)ccc1C(F)(F)F.[HH].[HH].[HH].[HH].[HH]. The first kappa shape index (κ1) is 78.4. The summed E-state index contributed by atoms with van der Waals surface area (Å²) in [5.41, 5.74) is 25.5. The summed E-state index contributed by atoms with van der Waals surface area (Å²) in [5.74, 6) is -0.526. The van der Waals surface area contributed by atoms with Crippen LogP contribution in [0.2, 0.25) is 0 Å². The molecule has 0 radical (unpaired) electrons. The van der Waals surface area contributed by atoms with Crippen LogP contribution in [0.15, 0.2) is 201 Å². The second-order valence-corrected chi connectivity index (χ2v) is 27.4. The fourth-order valence-electron chi connectivity index (χ4n) is 13.1. The van der Waals surface area contributed by atoms with Crippen LogP contribution in [0.5, 0.6) is 0 Å². The lowest BCUT2D eigenvalue weighted by Crippen LogP contribution is -2.46. The molecule has 12 heterocycles. The largest absolute Gasteiger partial charge is 0.418 e. The first-order chi connectivity index (χ1) is 53.5. The van der Waals surface area contributed by atoms with E-state index in [1.54, 1.807) is 48.0 Å². The van der Waals surface area contributed by atoms with Crippen molar-refractivity contribution in [1.82, 2.24) is 61.1 Å². The third kappa shape index (κ3) is 19.1. The molecule has 11 aromatic rings. The lowest BCUT2D eigenvalue weighted by Gasteiger charge is -2.35. The molecular weight excluding hydrogens is 1450 g/mol. The molecule has 0 saturated carbocycles. The maximum Gasteiger partial charge on any atom is 0.418 e. The van der Waals surface area contributed by atoms with Crippen LogP contribution >= 0.6 is 11.3 Å². The van der Waals surface area contributed by atoms with Crippen molar-refractivity contribution in [3.05, 3.63) is 284 Å². The van der Waals surface area contributed by atoms with E-state index in [9.17, 15) is 45.5 Å². The number of carbonyl (C=O) groups excluding carboxylic acids is 4. The van der Waals surface area contributed by atoms with Crippen molar-refractivity contribution in [3.8, 4) is 0 Å². The molecule has 4 aliphatic heterocycles. The predicted octanol–water partition coefficient (Wildman–Crippen LogP) is 12.0. The smallest absolute Gasteiger partial charge is 0.383 e. The molecule has 3 unspecified atom stereocenters. The van der Waals surface area contributed by atoms with Gasteiger partial charge in [0.1, 0.15) is 63.5 Å². The lowest BCUT2D eigenvalue weighted by molar-refractivity contribution is -0.138. The first-order valence-electron chi connectivity index (χ1n) is 35.7. The highest BCUT2D eigenvalue weighted by molar-refractivity contribution is 7.15. The van der Waals surface area contributed by atoms with Gasteiger partial charge >= 0.3 is 12.4 Å². The first-order valence-corrected chi connectivity index (χ1v) is 36.5. The number of nitrogen functional groups attached to an aromatic ring is 4. The molecule has 582 valence electrons. The maximum atomic E-state index is 13.6. The number of aryl methyl sites for hydroxylation is 2. The Morgan fingerprint density at radius 3 is 1.09 bits per heavy atom. The number of rotatable bonds is 15. The second kappa shape index (κ2) is 35.5. The molecule has 24 nitrogen and oxygen atoms in total. The third-order valence-corrected chi connectivity index (χ3v) is 20.0. The second-order valence-electron chi connectivity index (χ2n) is 26.3. The van der Waals surface area contributed by atoms with Crippen molar-refractivity contribution in [2.75, 3.05) is 128 Å². The summed E-state index contributed by atoms with van der Waals surface area (Å²) in [6, 6.07) is 51.7. The van der Waals surface area contributed by atoms with E-state index in [2.05, 4.69) is 114 Å². The van der Waals surface area contributed by atoms with E-state index in [0.717, 1.165) is 78.4 Å². The van der Waals surface area contributed by atoms with Crippen LogP contribution in [0.1, 0.15) is 128 Å². The number of pyridine rings is 7. The van der Waals surface area contributed by atoms with E-state index in [-0.39, 0.29) is 71.2 Å². The summed E-state index contributed by atoms with van der Waals surface area (Å²) in [5, 5.41) is 14.5. The number of halogens is 6. The highest BCUT2D eigenvalue weighted by atomic mass is 32.1. The standard InChI is InChI=1S/C22H20F3N5O.C22H23N5O.C20H21N5OS.C16H16F3N5O.5H2/c23-22(24,25)16-8-9-18(29-19(16)20(31)15-7-4-10-28-21(15)26)30-12-11-27-17(13-30)14-5-2-1-3-6-14;1-15-9-10-19(26-20(15)21(28)17-8-5-11-25-22(17)23)27-13-12-24-18(14-27)16-6-3-2-4-7-16;1-13-17(18(26)15-8-5-9-23-19(15)21)24-20(27-13)25-11-10-22-16(12-25)14-6-3-2-4-7-14;17-16(18,19)11-3-4-12(24-8-6-21-7-9-24)23-13(11)14(25)10-2-1-5-22-15(10)20;;;;;/h1-10,17,27H,11-13H2,(H2,26,28);2-11,18,24H,12-14H2,1H3,(H2,23,25);2-9,16,22H,10-12H2,1H3,(H2,21,23);1-5,21H,6-9H2,(H2,20,22);5*1H. The van der Waals surface area contributed by atoms with Crippen molar-refractivity contribution >= 4 is 80.3 Å². The van der Waals surface area contributed by atoms with E-state index < -0.39 is 46.4 Å². The van der Waals surface area contributed by atoms with Gasteiger partial charge < -0.3 is 63.8 Å². The fourth-order valence-corrected chi connectivity index (χ4v) is 14.1. The number of ketones is 4. The maximum absolute atomic E-state index is 13.6. The molecule has 0 bridgehead atoms. The minimum atomic E-state index is -4.73. The minimum Gasteiger partial charge on any atom is -0.383 e. The molecule has 0 amide bonds. The van der Waals surface area contributed by atoms with Crippen LogP contribution in [0.4, 0.5) is 72.2 Å². The van der Waals surface area contributed by atoms with Crippen LogP contribution in [0, 0.1) is 13.8 Å². The molecule has 0 spiro atoms. The zero-order chi connectivity index (χ0) is 78.3. The van der Waals surface area contributed by atoms with Crippen LogP contribution in [0.3, 0.4) is 0 Å². The molecule has 3 aromatic carbocycles. The van der Waals surface area contributed by atoms with Gasteiger partial charge in [-0.15, -0.1) is 11.3 Å². The van der Waals surface area contributed by atoms with Crippen LogP contribution in [-0.2, 0) is 12.4 Å². The number of hydrogen-bond acceptors (Lipinski definition) is 25. The normalized spacial score (nSPS) is 16.5. The Hall–Kier alpha value is -12.2. The monoisotopic (exact) mass is 1540 g/mol. The Bertz CT molecular complexity index is 5110. The molecule has 31 heteroatoms. The number of aromatic nitrogens is 8. The molecule has 4 aliphatic rings. The highest BCUT2D eigenvalue weighted by Gasteiger charge is 2.40. The molecule has 0 aliphatic carbocycles. The molecule has 4 saturated heterocycles. The topological polar surface area (TPSA) is 337 Å². The number of nitrogens with two attached hydrogens (primary N) is 4.